The molecule has 5 aromatic rings. The summed E-state index contributed by atoms with van der Waals surface area (Å²) >= 11 is 0. The first-order chi connectivity index (χ1) is 21.6. The maximum atomic E-state index is 11.0. The van der Waals surface area contributed by atoms with Crippen LogP contribution < -0.4 is 9.26 Å². The van der Waals surface area contributed by atoms with Crippen LogP contribution in [-0.4, -0.2) is 30.0 Å². The van der Waals surface area contributed by atoms with E-state index in [1.807, 2.05) is 92.7 Å². The molecule has 1 unspecified atom stereocenters. The van der Waals surface area contributed by atoms with Gasteiger partial charge in [0.15, 0.2) is 0 Å². The Morgan fingerprint density at radius 3 is 1.30 bits per heavy atom. The van der Waals surface area contributed by atoms with E-state index in [0.717, 1.165) is 17.6 Å². The number of hydrogen-bond acceptors (Lipinski definition) is 8. The summed E-state index contributed by atoms with van der Waals surface area (Å²) in [5.74, 6) is 1.90. The molecular weight excluding hydrogens is 634 g/mol. The molecule has 0 aliphatic rings. The number of benzene rings is 5. The number of phenols is 3. The lowest BCUT2D eigenvalue weighted by molar-refractivity contribution is 0.229. The van der Waals surface area contributed by atoms with Crippen LogP contribution in [0, 0.1) is 20.8 Å². The van der Waals surface area contributed by atoms with Gasteiger partial charge in [-0.25, -0.2) is 9.13 Å². The highest BCUT2D eigenvalue weighted by molar-refractivity contribution is 7.60. The third kappa shape index (κ3) is 17.0. The molecule has 5 aromatic carbocycles. The molecule has 0 aliphatic heterocycles. The number of rotatable bonds is 6. The number of ether oxygens (including phenoxy) is 1. The number of para-hydroxylation sites is 1. The van der Waals surface area contributed by atoms with Gasteiger partial charge in [0, 0.05) is 6.07 Å². The summed E-state index contributed by atoms with van der Waals surface area (Å²) in [6, 6.07) is 36.8. The molecule has 0 radical (unpaired) electrons. The van der Waals surface area contributed by atoms with Gasteiger partial charge in [-0.05, 0) is 81.4 Å². The molecule has 0 amide bonds. The van der Waals surface area contributed by atoms with Gasteiger partial charge in [-0.1, -0.05) is 77.4 Å². The van der Waals surface area contributed by atoms with E-state index in [4.69, 9.17) is 34.7 Å². The van der Waals surface area contributed by atoms with E-state index >= 15 is 0 Å². The molecule has 0 saturated heterocycles. The van der Waals surface area contributed by atoms with Crippen LogP contribution in [0.2, 0.25) is 0 Å². The van der Waals surface area contributed by atoms with E-state index in [1.54, 1.807) is 24.3 Å². The van der Waals surface area contributed by atoms with Crippen molar-refractivity contribution in [2.45, 2.75) is 20.8 Å². The van der Waals surface area contributed by atoms with Crippen molar-refractivity contribution in [2.75, 3.05) is 0 Å². The van der Waals surface area contributed by atoms with Crippen LogP contribution in [0.25, 0.3) is 0 Å². The molecule has 46 heavy (non-hydrogen) atoms. The van der Waals surface area contributed by atoms with Gasteiger partial charge in [0.2, 0.25) is 0 Å². The fraction of sp³-hybridized carbons (Fsp3) is 0.0909. The zero-order valence-electron chi connectivity index (χ0n) is 25.2. The van der Waals surface area contributed by atoms with Crippen LogP contribution in [0.4, 0.5) is 0 Å². The van der Waals surface area contributed by atoms with E-state index in [-0.39, 0.29) is 11.5 Å². The zero-order valence-corrected chi connectivity index (χ0v) is 27.0. The largest absolute Gasteiger partial charge is 0.536 e. The molecule has 0 bridgehead atoms. The summed E-state index contributed by atoms with van der Waals surface area (Å²) in [5, 5.41) is 26.5. The van der Waals surface area contributed by atoms with Gasteiger partial charge in [-0.2, -0.15) is 4.31 Å². The highest BCUT2D eigenvalue weighted by Crippen LogP contribution is 2.57. The van der Waals surface area contributed by atoms with Gasteiger partial charge >= 0.3 is 15.6 Å². The summed E-state index contributed by atoms with van der Waals surface area (Å²) in [6.45, 7) is 6.03. The van der Waals surface area contributed by atoms with Crippen molar-refractivity contribution < 1.29 is 52.7 Å². The molecule has 0 aliphatic carbocycles. The lowest BCUT2D eigenvalue weighted by Gasteiger charge is -2.12. The van der Waals surface area contributed by atoms with Crippen LogP contribution in [0.1, 0.15) is 16.7 Å². The molecule has 5 rings (SSSR count). The lowest BCUT2D eigenvalue weighted by atomic mass is 10.2. The van der Waals surface area contributed by atoms with E-state index in [9.17, 15) is 9.13 Å². The number of aromatic hydroxyl groups is 3. The second kappa shape index (κ2) is 18.4. The third-order valence-corrected chi connectivity index (χ3v) is 7.43. The SMILES string of the molecule is Cc1ccc(O)cc1.Cc1ccc(O)cc1.Cc1ccc(Oc2ccccc2)cc1.O=P(O)(O)OP(=O)(O)Oc1cccc(O)c1. The smallest absolute Gasteiger partial charge is 0.508 e. The summed E-state index contributed by atoms with van der Waals surface area (Å²) in [5.41, 5.74) is 3.58. The van der Waals surface area contributed by atoms with E-state index in [2.05, 4.69) is 15.8 Å². The number of hydrogen-bond donors (Lipinski definition) is 6. The van der Waals surface area contributed by atoms with Gasteiger partial charge in [0.25, 0.3) is 0 Å². The maximum Gasteiger partial charge on any atom is 0.536 e. The van der Waals surface area contributed by atoms with Gasteiger partial charge in [0.1, 0.15) is 34.5 Å². The molecule has 0 fully saturated rings. The van der Waals surface area contributed by atoms with Crippen molar-refractivity contribution in [3.8, 4) is 34.5 Å². The molecule has 0 spiro atoms. The Balaban J connectivity index is 0.000000223. The first-order valence-electron chi connectivity index (χ1n) is 13.5. The number of phosphoric ester groups is 1. The van der Waals surface area contributed by atoms with Crippen molar-refractivity contribution in [3.05, 3.63) is 144 Å². The standard InChI is InChI=1S/C13H12O.2C7H8O.C6H8O8P2/c1-11-7-9-13(10-8-11)14-12-5-3-2-4-6-12;2*1-6-2-4-7(8)5-3-6;7-5-2-1-3-6(4-5)13-16(11,12)14-15(8,9)10/h2-10H,1H3;2*2-5,8H,1H3;1-4,7H,(H,11,12)(H2,8,9,10). The second-order valence-electron chi connectivity index (χ2n) is 9.53. The first kappa shape index (κ1) is 37.6. The molecule has 0 saturated carbocycles. The summed E-state index contributed by atoms with van der Waals surface area (Å²) in [7, 11) is -10.1. The monoisotopic (exact) mass is 670 g/mol. The average Bonchev–Trinajstić information content (AvgIpc) is 2.97. The molecule has 13 heteroatoms. The van der Waals surface area contributed by atoms with Crippen molar-refractivity contribution in [2.24, 2.45) is 0 Å². The Hall–Kier alpha value is -4.60. The van der Waals surface area contributed by atoms with E-state index in [1.165, 1.54) is 34.9 Å². The van der Waals surface area contributed by atoms with Crippen molar-refractivity contribution in [1.29, 1.82) is 0 Å². The molecule has 1 atom stereocenters. The Morgan fingerprint density at radius 2 is 0.891 bits per heavy atom. The Morgan fingerprint density at radius 1 is 0.478 bits per heavy atom. The van der Waals surface area contributed by atoms with Gasteiger partial charge in [-0.15, -0.1) is 0 Å². The first-order valence-corrected chi connectivity index (χ1v) is 16.5. The molecule has 6 N–H and O–H groups in total. The fourth-order valence-electron chi connectivity index (χ4n) is 3.15. The molecule has 0 heterocycles. The Bertz CT molecular complexity index is 1600. The maximum absolute atomic E-state index is 11.0. The average molecular weight is 671 g/mol. The van der Waals surface area contributed by atoms with Crippen LogP contribution in [-0.2, 0) is 13.4 Å². The number of phosphoric acid groups is 2. The minimum atomic E-state index is -5.14. The Labute approximate surface area is 267 Å². The molecule has 244 valence electrons. The van der Waals surface area contributed by atoms with Crippen molar-refractivity contribution in [3.63, 3.8) is 0 Å². The zero-order chi connectivity index (χ0) is 34.2. The predicted octanol–water partition coefficient (Wildman–Crippen LogP) is 8.17. The Kier molecular flexibility index (Phi) is 15.0. The minimum absolute atomic E-state index is 0.242. The van der Waals surface area contributed by atoms with Crippen LogP contribution in [0.15, 0.2) is 127 Å². The van der Waals surface area contributed by atoms with Crippen LogP contribution >= 0.6 is 15.6 Å². The minimum Gasteiger partial charge on any atom is -0.508 e. The quantitative estimate of drug-likeness (QED) is 0.0958. The number of phenolic OH excluding ortho intramolecular Hbond substituents is 3. The predicted molar refractivity (Wildman–Crippen MR) is 175 cm³/mol. The number of aryl methyl sites for hydroxylation is 3. The summed E-state index contributed by atoms with van der Waals surface area (Å²) in [4.78, 5) is 25.6. The fourth-order valence-corrected chi connectivity index (χ4v) is 4.73. The normalized spacial score (nSPS) is 11.5. The topological polar surface area (TPSA) is 183 Å². The summed E-state index contributed by atoms with van der Waals surface area (Å²) < 4.78 is 34.8. The lowest BCUT2D eigenvalue weighted by Crippen LogP contribution is -1.95. The molecule has 11 nitrogen and oxygen atoms in total. The van der Waals surface area contributed by atoms with Crippen molar-refractivity contribution in [1.82, 2.24) is 0 Å². The van der Waals surface area contributed by atoms with Gasteiger partial charge < -0.3 is 34.4 Å². The van der Waals surface area contributed by atoms with E-state index < -0.39 is 15.6 Å². The molecular formula is C33H36O11P2. The highest BCUT2D eigenvalue weighted by Gasteiger charge is 2.33. The second-order valence-corrected chi connectivity index (χ2v) is 12.3. The highest BCUT2D eigenvalue weighted by atomic mass is 31.3. The third-order valence-electron chi connectivity index (χ3n) is 5.32. The summed E-state index contributed by atoms with van der Waals surface area (Å²) in [6.07, 6.45) is 0. The van der Waals surface area contributed by atoms with E-state index in [0.29, 0.717) is 11.5 Å². The van der Waals surface area contributed by atoms with Crippen LogP contribution in [0.3, 0.4) is 0 Å². The van der Waals surface area contributed by atoms with Gasteiger partial charge in [-0.3, -0.25) is 4.89 Å². The van der Waals surface area contributed by atoms with Gasteiger partial charge in [0.05, 0.1) is 0 Å². The molecule has 0 aromatic heterocycles. The van der Waals surface area contributed by atoms with Crippen molar-refractivity contribution >= 4 is 15.6 Å². The van der Waals surface area contributed by atoms with Crippen LogP contribution in [0.5, 0.6) is 34.5 Å².